The van der Waals surface area contributed by atoms with Gasteiger partial charge in [-0.15, -0.1) is 0 Å². The number of hydrogen-bond acceptors (Lipinski definition) is 1. The van der Waals surface area contributed by atoms with Crippen LogP contribution in [-0.2, 0) is 4.79 Å². The maximum Gasteiger partial charge on any atom is 0.460 e. The van der Waals surface area contributed by atoms with Crippen LogP contribution in [0, 0.1) is 0 Å². The van der Waals surface area contributed by atoms with Crippen LogP contribution in [0.2, 0.25) is 0 Å². The van der Waals surface area contributed by atoms with E-state index in [2.05, 4.69) is 0 Å². The van der Waals surface area contributed by atoms with Gasteiger partial charge in [0.05, 0.1) is 6.08 Å². The van der Waals surface area contributed by atoms with Crippen LogP contribution in [0.1, 0.15) is 0 Å². The molecule has 0 bridgehead atoms. The van der Waals surface area contributed by atoms with Gasteiger partial charge in [-0.3, -0.25) is 0 Å². The zero-order valence-electron chi connectivity index (χ0n) is 13.2. The van der Waals surface area contributed by atoms with E-state index in [9.17, 15) is 83.8 Å². The fourth-order valence-electron chi connectivity index (χ4n) is 1.51. The molecule has 20 heteroatoms. The first kappa shape index (κ1) is 28.9. The maximum atomic E-state index is 13.2. The summed E-state index contributed by atoms with van der Waals surface area (Å²) in [6, 6.07) is 0. The second-order valence-electron chi connectivity index (χ2n) is 5.35. The van der Waals surface area contributed by atoms with Gasteiger partial charge in [0.25, 0.3) is 0 Å². The molecule has 0 rings (SSSR count). The van der Waals surface area contributed by atoms with E-state index in [1.165, 1.54) is 0 Å². The van der Waals surface area contributed by atoms with Crippen molar-refractivity contribution >= 4 is 5.97 Å². The van der Waals surface area contributed by atoms with Gasteiger partial charge in [-0.1, -0.05) is 0 Å². The number of aliphatic carboxylic acids is 1. The maximum absolute atomic E-state index is 13.2. The minimum absolute atomic E-state index is 1.69. The predicted molar refractivity (Wildman–Crippen MR) is 57.5 cm³/mol. The van der Waals surface area contributed by atoms with Gasteiger partial charge < -0.3 is 5.11 Å². The monoisotopic (exact) mass is 508 g/mol. The molecule has 0 aromatic carbocycles. The van der Waals surface area contributed by atoms with Gasteiger partial charge in [0.2, 0.25) is 0 Å². The van der Waals surface area contributed by atoms with Crippen molar-refractivity contribution in [1.29, 1.82) is 0 Å². The van der Waals surface area contributed by atoms with E-state index in [1.54, 1.807) is 0 Å². The lowest BCUT2D eigenvalue weighted by atomic mass is 9.88. The van der Waals surface area contributed by atoms with Gasteiger partial charge in [-0.25, -0.2) is 9.18 Å². The van der Waals surface area contributed by atoms with Crippen molar-refractivity contribution < 1.29 is 88.9 Å². The molecule has 0 atom stereocenters. The molecule has 1 N–H and O–H groups in total. The molecule has 0 aliphatic heterocycles. The number of carboxylic acids is 1. The molecule has 0 fully saturated rings. The fraction of sp³-hybridized carbons (Fsp3) is 0.727. The summed E-state index contributed by atoms with van der Waals surface area (Å²) in [6.07, 6.45) is -9.57. The summed E-state index contributed by atoms with van der Waals surface area (Å²) in [7, 11) is 0. The number of carboxylic acid groups (broad SMARTS) is 1. The van der Waals surface area contributed by atoms with Crippen LogP contribution in [0.25, 0.3) is 0 Å². The molecule has 0 saturated carbocycles. The van der Waals surface area contributed by atoms with E-state index in [1.807, 2.05) is 0 Å². The lowest BCUT2D eigenvalue weighted by Crippen LogP contribution is -2.74. The van der Waals surface area contributed by atoms with Crippen LogP contribution in [0.3, 0.4) is 0 Å². The van der Waals surface area contributed by atoms with Crippen molar-refractivity contribution in [3.05, 3.63) is 11.9 Å². The van der Waals surface area contributed by atoms with Gasteiger partial charge in [0.1, 0.15) is 0 Å². The highest BCUT2D eigenvalue weighted by Crippen LogP contribution is 2.64. The summed E-state index contributed by atoms with van der Waals surface area (Å²) >= 11 is 0. The molecule has 0 heterocycles. The molecule has 0 unspecified atom stereocenters. The number of allylic oxidation sites excluding steroid dienone is 1. The molecule has 0 radical (unpaired) electrons. The Kier molecular flexibility index (Phi) is 6.76. The van der Waals surface area contributed by atoms with Crippen molar-refractivity contribution in [2.75, 3.05) is 0 Å². The number of rotatable bonds is 8. The highest BCUT2D eigenvalue weighted by atomic mass is 19.4. The third-order valence-corrected chi connectivity index (χ3v) is 3.27. The molecule has 184 valence electrons. The standard InChI is InChI=1S/C11H2F18O2/c12-2(1-3(30)31)4(13,14)5(15,16)6(17,18)7(19,20)8(21,22)9(23,24)10(25,26)11(27,28)29/h1H,(H,30,31). The smallest absolute Gasteiger partial charge is 0.460 e. The Morgan fingerprint density at radius 3 is 1.03 bits per heavy atom. The van der Waals surface area contributed by atoms with Crippen LogP contribution in [0.15, 0.2) is 11.9 Å². The van der Waals surface area contributed by atoms with E-state index in [0.717, 1.165) is 0 Å². The molecule has 0 spiro atoms. The summed E-state index contributed by atoms with van der Waals surface area (Å²) < 4.78 is 231. The molecule has 0 amide bonds. The highest BCUT2D eigenvalue weighted by molar-refractivity contribution is 5.80. The molecule has 0 aromatic heterocycles. The van der Waals surface area contributed by atoms with Crippen molar-refractivity contribution in [1.82, 2.24) is 0 Å². The van der Waals surface area contributed by atoms with Gasteiger partial charge in [0.15, 0.2) is 5.83 Å². The third-order valence-electron chi connectivity index (χ3n) is 3.27. The number of carbonyl (C=O) groups is 1. The average molecular weight is 508 g/mol. The molecular formula is C11H2F18O2. The van der Waals surface area contributed by atoms with Crippen LogP contribution in [0.5, 0.6) is 0 Å². The Balaban J connectivity index is 6.87. The Hall–Kier alpha value is -2.05. The van der Waals surface area contributed by atoms with Crippen molar-refractivity contribution in [3.63, 3.8) is 0 Å². The second-order valence-corrected chi connectivity index (χ2v) is 5.35. The topological polar surface area (TPSA) is 37.3 Å². The fourth-order valence-corrected chi connectivity index (χ4v) is 1.51. The first-order valence-corrected chi connectivity index (χ1v) is 6.41. The zero-order valence-corrected chi connectivity index (χ0v) is 13.2. The van der Waals surface area contributed by atoms with Gasteiger partial charge in [0, 0.05) is 0 Å². The number of hydrogen-bond donors (Lipinski definition) is 1. The Morgan fingerprint density at radius 2 is 0.774 bits per heavy atom. The largest absolute Gasteiger partial charge is 0.478 e. The third kappa shape index (κ3) is 3.74. The minimum atomic E-state index is -8.85. The predicted octanol–water partition coefficient (Wildman–Crippen LogP) is 5.93. The summed E-state index contributed by atoms with van der Waals surface area (Å²) in [5.41, 5.74) is 0. The summed E-state index contributed by atoms with van der Waals surface area (Å²) in [5, 5.41) is 7.84. The molecular weight excluding hydrogens is 506 g/mol. The number of halogens is 18. The molecule has 0 aliphatic carbocycles. The van der Waals surface area contributed by atoms with E-state index < -0.39 is 65.5 Å². The normalized spacial score (nSPS) is 16.5. The van der Waals surface area contributed by atoms with Crippen LogP contribution >= 0.6 is 0 Å². The van der Waals surface area contributed by atoms with Crippen molar-refractivity contribution in [2.24, 2.45) is 0 Å². The second kappa shape index (κ2) is 7.24. The summed E-state index contributed by atoms with van der Waals surface area (Å²) in [5.74, 6) is -66.4. The van der Waals surface area contributed by atoms with E-state index in [4.69, 9.17) is 5.11 Å². The van der Waals surface area contributed by atoms with Gasteiger partial charge in [-0.2, -0.15) is 74.6 Å². The Bertz CT molecular complexity index is 729. The first-order valence-electron chi connectivity index (χ1n) is 6.41. The first-order chi connectivity index (χ1) is 13.1. The SMILES string of the molecule is O=C(O)C=C(F)C(F)(F)C(F)(F)C(F)(F)C(F)(F)C(F)(F)C(F)(F)C(F)(F)C(F)(F)F. The van der Waals surface area contributed by atoms with E-state index in [-0.39, 0.29) is 0 Å². The zero-order chi connectivity index (χ0) is 25.9. The summed E-state index contributed by atoms with van der Waals surface area (Å²) in [4.78, 5) is 9.89. The molecule has 0 aliphatic rings. The van der Waals surface area contributed by atoms with Gasteiger partial charge >= 0.3 is 53.6 Å². The molecule has 31 heavy (non-hydrogen) atoms. The van der Waals surface area contributed by atoms with Crippen molar-refractivity contribution in [3.8, 4) is 0 Å². The molecule has 0 saturated heterocycles. The molecule has 2 nitrogen and oxygen atoms in total. The number of alkyl halides is 17. The van der Waals surface area contributed by atoms with E-state index in [0.29, 0.717) is 0 Å². The summed E-state index contributed by atoms with van der Waals surface area (Å²) in [6.45, 7) is 0. The van der Waals surface area contributed by atoms with Crippen LogP contribution in [0.4, 0.5) is 79.0 Å². The minimum Gasteiger partial charge on any atom is -0.478 e. The Morgan fingerprint density at radius 1 is 0.516 bits per heavy atom. The van der Waals surface area contributed by atoms with Crippen molar-refractivity contribution in [2.45, 2.75) is 47.6 Å². The Labute approximate surface area is 156 Å². The van der Waals surface area contributed by atoms with E-state index >= 15 is 0 Å². The van der Waals surface area contributed by atoms with Crippen LogP contribution < -0.4 is 0 Å². The van der Waals surface area contributed by atoms with Gasteiger partial charge in [-0.05, 0) is 0 Å². The lowest BCUT2D eigenvalue weighted by Gasteiger charge is -2.42. The highest BCUT2D eigenvalue weighted by Gasteiger charge is 2.95. The average Bonchev–Trinajstić information content (AvgIpc) is 2.51. The van der Waals surface area contributed by atoms with Crippen LogP contribution in [-0.4, -0.2) is 58.7 Å². The molecule has 0 aromatic rings. The lowest BCUT2D eigenvalue weighted by molar-refractivity contribution is -0.460. The quantitative estimate of drug-likeness (QED) is 0.326.